The summed E-state index contributed by atoms with van der Waals surface area (Å²) in [4.78, 5) is 23.4. The number of hydrogen-bond acceptors (Lipinski definition) is 4. The Morgan fingerprint density at radius 3 is 2.36 bits per heavy atom. The van der Waals surface area contributed by atoms with E-state index in [4.69, 9.17) is 0 Å². The second kappa shape index (κ2) is 8.65. The summed E-state index contributed by atoms with van der Waals surface area (Å²) in [6.07, 6.45) is 3.15. The average molecular weight is 374 g/mol. The number of carbonyl (C=O) groups excluding carboxylic acids is 1. The Bertz CT molecular complexity index is 937. The molecule has 1 heterocycles. The Morgan fingerprint density at radius 2 is 1.71 bits per heavy atom. The monoisotopic (exact) mass is 374 g/mol. The van der Waals surface area contributed by atoms with Crippen molar-refractivity contribution >= 4 is 17.5 Å². The maximum atomic E-state index is 12.7. The number of aromatic nitrogens is 2. The summed E-state index contributed by atoms with van der Waals surface area (Å²) in [5.41, 5.74) is 4.65. The van der Waals surface area contributed by atoms with Gasteiger partial charge in [-0.05, 0) is 29.5 Å². The average Bonchev–Trinajstić information content (AvgIpc) is 2.70. The van der Waals surface area contributed by atoms with Crippen LogP contribution in [0.5, 0.6) is 0 Å². The van der Waals surface area contributed by atoms with E-state index in [9.17, 15) is 4.79 Å². The molecule has 0 saturated carbocycles. The van der Waals surface area contributed by atoms with E-state index in [1.807, 2.05) is 55.3 Å². The molecule has 0 saturated heterocycles. The zero-order valence-electron chi connectivity index (χ0n) is 16.8. The summed E-state index contributed by atoms with van der Waals surface area (Å²) >= 11 is 0. The van der Waals surface area contributed by atoms with Crippen LogP contribution in [0.3, 0.4) is 0 Å². The molecule has 2 aromatic carbocycles. The molecule has 28 heavy (non-hydrogen) atoms. The van der Waals surface area contributed by atoms with Crippen LogP contribution in [-0.2, 0) is 6.54 Å². The molecule has 1 amide bonds. The molecule has 0 radical (unpaired) electrons. The normalized spacial score (nSPS) is 10.8. The minimum atomic E-state index is -0.200. The highest BCUT2D eigenvalue weighted by molar-refractivity contribution is 6.04. The number of para-hydroxylation sites is 1. The van der Waals surface area contributed by atoms with Crippen molar-refractivity contribution in [3.05, 3.63) is 83.2 Å². The molecule has 0 aliphatic heterocycles. The molecule has 144 valence electrons. The van der Waals surface area contributed by atoms with E-state index in [2.05, 4.69) is 41.3 Å². The third-order valence-electron chi connectivity index (χ3n) is 4.67. The molecule has 3 aromatic rings. The smallest absolute Gasteiger partial charge is 0.258 e. The second-order valence-electron chi connectivity index (χ2n) is 7.26. The molecule has 0 unspecified atom stereocenters. The minimum Gasteiger partial charge on any atom is -0.340 e. The Balaban J connectivity index is 1.72. The predicted molar refractivity (Wildman–Crippen MR) is 114 cm³/mol. The highest BCUT2D eigenvalue weighted by Gasteiger charge is 2.14. The number of carbonyl (C=O) groups is 1. The van der Waals surface area contributed by atoms with Crippen molar-refractivity contribution in [1.29, 1.82) is 0 Å². The van der Waals surface area contributed by atoms with Crippen molar-refractivity contribution < 1.29 is 4.79 Å². The Labute approximate surface area is 166 Å². The standard InChI is InChI=1S/C23H26N4O/c1-16(2)20-12-8-9-17(3)21(20)26-22(28)19-13-24-23(25-14-19)27(4)15-18-10-6-5-7-11-18/h5-14,16H,15H2,1-4H3,(H,26,28). The van der Waals surface area contributed by atoms with Gasteiger partial charge in [0, 0.05) is 31.7 Å². The number of benzene rings is 2. The molecule has 0 spiro atoms. The zero-order chi connectivity index (χ0) is 20.1. The summed E-state index contributed by atoms with van der Waals surface area (Å²) in [6.45, 7) is 6.93. The fourth-order valence-corrected chi connectivity index (χ4v) is 3.09. The number of aryl methyl sites for hydroxylation is 1. The van der Waals surface area contributed by atoms with Gasteiger partial charge in [0.1, 0.15) is 0 Å². The largest absolute Gasteiger partial charge is 0.340 e. The highest BCUT2D eigenvalue weighted by Crippen LogP contribution is 2.27. The summed E-state index contributed by atoms with van der Waals surface area (Å²) in [6, 6.07) is 16.2. The number of rotatable bonds is 6. The van der Waals surface area contributed by atoms with Gasteiger partial charge in [-0.25, -0.2) is 9.97 Å². The van der Waals surface area contributed by atoms with Crippen molar-refractivity contribution in [3.63, 3.8) is 0 Å². The lowest BCUT2D eigenvalue weighted by Crippen LogP contribution is -2.20. The lowest BCUT2D eigenvalue weighted by molar-refractivity contribution is 0.102. The molecule has 3 rings (SSSR count). The van der Waals surface area contributed by atoms with Crippen LogP contribution in [0.1, 0.15) is 46.8 Å². The molecule has 1 aromatic heterocycles. The van der Waals surface area contributed by atoms with Crippen LogP contribution < -0.4 is 10.2 Å². The van der Waals surface area contributed by atoms with Crippen molar-refractivity contribution in [2.24, 2.45) is 0 Å². The third kappa shape index (κ3) is 4.55. The van der Waals surface area contributed by atoms with Crippen LogP contribution in [0.4, 0.5) is 11.6 Å². The van der Waals surface area contributed by atoms with E-state index < -0.39 is 0 Å². The van der Waals surface area contributed by atoms with Crippen LogP contribution in [0, 0.1) is 6.92 Å². The van der Waals surface area contributed by atoms with Gasteiger partial charge in [-0.15, -0.1) is 0 Å². The van der Waals surface area contributed by atoms with Crippen LogP contribution in [-0.4, -0.2) is 22.9 Å². The maximum absolute atomic E-state index is 12.7. The lowest BCUT2D eigenvalue weighted by Gasteiger charge is -2.18. The Kier molecular flexibility index (Phi) is 6.04. The van der Waals surface area contributed by atoms with Gasteiger partial charge in [0.2, 0.25) is 5.95 Å². The summed E-state index contributed by atoms with van der Waals surface area (Å²) < 4.78 is 0. The summed E-state index contributed by atoms with van der Waals surface area (Å²) in [5, 5.41) is 3.03. The molecular formula is C23H26N4O. The first-order chi connectivity index (χ1) is 13.5. The molecule has 1 N–H and O–H groups in total. The van der Waals surface area contributed by atoms with Gasteiger partial charge in [0.25, 0.3) is 5.91 Å². The van der Waals surface area contributed by atoms with Gasteiger partial charge in [0.15, 0.2) is 0 Å². The first-order valence-electron chi connectivity index (χ1n) is 9.43. The number of anilines is 2. The maximum Gasteiger partial charge on any atom is 0.258 e. The van der Waals surface area contributed by atoms with Crippen LogP contribution in [0.25, 0.3) is 0 Å². The van der Waals surface area contributed by atoms with Crippen molar-refractivity contribution in [1.82, 2.24) is 9.97 Å². The van der Waals surface area contributed by atoms with Gasteiger partial charge in [-0.2, -0.15) is 0 Å². The van der Waals surface area contributed by atoms with Gasteiger partial charge < -0.3 is 10.2 Å². The van der Waals surface area contributed by atoms with Gasteiger partial charge in [0.05, 0.1) is 5.56 Å². The highest BCUT2D eigenvalue weighted by atomic mass is 16.1. The molecule has 0 aliphatic rings. The quantitative estimate of drug-likeness (QED) is 0.673. The molecule has 5 nitrogen and oxygen atoms in total. The van der Waals surface area contributed by atoms with E-state index >= 15 is 0 Å². The minimum absolute atomic E-state index is 0.200. The topological polar surface area (TPSA) is 58.1 Å². The molecule has 0 bridgehead atoms. The van der Waals surface area contributed by atoms with E-state index in [-0.39, 0.29) is 5.91 Å². The van der Waals surface area contributed by atoms with Crippen LogP contribution in [0.15, 0.2) is 60.9 Å². The summed E-state index contributed by atoms with van der Waals surface area (Å²) in [7, 11) is 1.93. The fraction of sp³-hybridized carbons (Fsp3) is 0.261. The summed E-state index contributed by atoms with van der Waals surface area (Å²) in [5.74, 6) is 0.702. The van der Waals surface area contributed by atoms with Gasteiger partial charge in [-0.3, -0.25) is 4.79 Å². The molecular weight excluding hydrogens is 348 g/mol. The van der Waals surface area contributed by atoms with Crippen molar-refractivity contribution in [2.45, 2.75) is 33.2 Å². The number of amides is 1. The Morgan fingerprint density at radius 1 is 1.04 bits per heavy atom. The van der Waals surface area contributed by atoms with E-state index in [1.165, 1.54) is 5.56 Å². The zero-order valence-corrected chi connectivity index (χ0v) is 16.8. The van der Waals surface area contributed by atoms with Crippen molar-refractivity contribution in [2.75, 3.05) is 17.3 Å². The molecule has 0 aliphatic carbocycles. The molecule has 0 fully saturated rings. The lowest BCUT2D eigenvalue weighted by atomic mass is 9.98. The fourth-order valence-electron chi connectivity index (χ4n) is 3.09. The van der Waals surface area contributed by atoms with Gasteiger partial charge >= 0.3 is 0 Å². The molecule has 0 atom stereocenters. The van der Waals surface area contributed by atoms with Gasteiger partial charge in [-0.1, -0.05) is 62.4 Å². The number of hydrogen-bond donors (Lipinski definition) is 1. The third-order valence-corrected chi connectivity index (χ3v) is 4.67. The second-order valence-corrected chi connectivity index (χ2v) is 7.26. The number of nitrogens with one attached hydrogen (secondary N) is 1. The first-order valence-corrected chi connectivity index (χ1v) is 9.43. The first kappa shape index (κ1) is 19.5. The van der Waals surface area contributed by atoms with Crippen molar-refractivity contribution in [3.8, 4) is 0 Å². The SMILES string of the molecule is Cc1cccc(C(C)C)c1NC(=O)c1cnc(N(C)Cc2ccccc2)nc1. The van der Waals surface area contributed by atoms with Crippen LogP contribution in [0.2, 0.25) is 0 Å². The van der Waals surface area contributed by atoms with E-state index in [1.54, 1.807) is 12.4 Å². The van der Waals surface area contributed by atoms with E-state index in [0.29, 0.717) is 24.0 Å². The number of nitrogens with zero attached hydrogens (tertiary/aromatic N) is 3. The Hall–Kier alpha value is -3.21. The van der Waals surface area contributed by atoms with Crippen LogP contribution >= 0.6 is 0 Å². The molecule has 5 heteroatoms. The van der Waals surface area contributed by atoms with E-state index in [0.717, 1.165) is 16.8 Å². The predicted octanol–water partition coefficient (Wildman–Crippen LogP) is 4.80.